The zero-order valence-corrected chi connectivity index (χ0v) is 19.0. The Hall–Kier alpha value is -2.73. The first-order chi connectivity index (χ1) is 15.2. The van der Waals surface area contributed by atoms with E-state index in [0.29, 0.717) is 0 Å². The van der Waals surface area contributed by atoms with E-state index in [4.69, 9.17) is 14.2 Å². The van der Waals surface area contributed by atoms with E-state index in [0.717, 1.165) is 76.0 Å². The van der Waals surface area contributed by atoms with Gasteiger partial charge in [0.15, 0.2) is 17.5 Å². The molecule has 0 bridgehead atoms. The van der Waals surface area contributed by atoms with Gasteiger partial charge < -0.3 is 24.4 Å². The maximum Gasteiger partial charge on any atom is 0.193 e. The summed E-state index contributed by atoms with van der Waals surface area (Å²) in [5.74, 6) is 2.52. The molecule has 0 spiro atoms. The van der Waals surface area contributed by atoms with Gasteiger partial charge in [-0.05, 0) is 54.5 Å². The fraction of sp³-hybridized carbons (Fsp3) is 0.480. The van der Waals surface area contributed by atoms with E-state index < -0.39 is 0 Å². The monoisotopic (exact) mass is 425 g/mol. The van der Waals surface area contributed by atoms with Crippen molar-refractivity contribution in [1.82, 2.24) is 10.2 Å². The van der Waals surface area contributed by atoms with Crippen molar-refractivity contribution in [3.8, 4) is 11.5 Å². The second kappa shape index (κ2) is 12.2. The maximum absolute atomic E-state index is 5.78. The molecular weight excluding hydrogens is 390 g/mol. The number of hydrogen-bond donors (Lipinski definition) is 1. The third-order valence-electron chi connectivity index (χ3n) is 5.61. The van der Waals surface area contributed by atoms with Gasteiger partial charge in [-0.3, -0.25) is 4.99 Å². The molecule has 1 heterocycles. The average Bonchev–Trinajstić information content (AvgIpc) is 2.82. The predicted molar refractivity (Wildman–Crippen MR) is 125 cm³/mol. The fourth-order valence-electron chi connectivity index (χ4n) is 3.86. The van der Waals surface area contributed by atoms with E-state index in [1.54, 1.807) is 14.2 Å². The van der Waals surface area contributed by atoms with Crippen LogP contribution in [0.25, 0.3) is 0 Å². The third-order valence-corrected chi connectivity index (χ3v) is 5.61. The molecule has 31 heavy (non-hydrogen) atoms. The summed E-state index contributed by atoms with van der Waals surface area (Å²) in [6, 6.07) is 14.7. The third kappa shape index (κ3) is 6.62. The number of fused-ring (bicyclic) bond motifs is 1. The maximum atomic E-state index is 5.78. The smallest absolute Gasteiger partial charge is 0.193 e. The first-order valence-electron chi connectivity index (χ1n) is 11.1. The number of unbranched alkanes of at least 4 members (excludes halogenated alkanes) is 1. The molecule has 0 aliphatic carbocycles. The van der Waals surface area contributed by atoms with E-state index in [-0.39, 0.29) is 0 Å². The number of rotatable bonds is 10. The van der Waals surface area contributed by atoms with Crippen LogP contribution in [0.3, 0.4) is 0 Å². The number of hydrogen-bond acceptors (Lipinski definition) is 4. The molecule has 2 aromatic carbocycles. The van der Waals surface area contributed by atoms with Crippen LogP contribution in [0.2, 0.25) is 0 Å². The molecule has 1 aliphatic rings. The molecular formula is C25H35N3O3. The van der Waals surface area contributed by atoms with Gasteiger partial charge in [0, 0.05) is 33.3 Å². The highest BCUT2D eigenvalue weighted by Crippen LogP contribution is 2.33. The summed E-state index contributed by atoms with van der Waals surface area (Å²) in [6.07, 6.45) is 4.03. The zero-order chi connectivity index (χ0) is 21.9. The first kappa shape index (κ1) is 22.9. The topological polar surface area (TPSA) is 55.3 Å². The normalized spacial score (nSPS) is 13.6. The van der Waals surface area contributed by atoms with Crippen molar-refractivity contribution in [2.45, 2.75) is 32.2 Å². The molecule has 0 fully saturated rings. The summed E-state index contributed by atoms with van der Waals surface area (Å²) < 4.78 is 16.7. The van der Waals surface area contributed by atoms with Crippen LogP contribution in [0.15, 0.2) is 47.5 Å². The molecule has 168 valence electrons. The van der Waals surface area contributed by atoms with Gasteiger partial charge >= 0.3 is 0 Å². The summed E-state index contributed by atoms with van der Waals surface area (Å²) in [6.45, 7) is 4.22. The largest absolute Gasteiger partial charge is 0.493 e. The Morgan fingerprint density at radius 2 is 1.74 bits per heavy atom. The van der Waals surface area contributed by atoms with E-state index in [2.05, 4.69) is 51.6 Å². The molecule has 6 heteroatoms. The Kier molecular flexibility index (Phi) is 9.03. The highest BCUT2D eigenvalue weighted by Gasteiger charge is 2.21. The number of nitrogens with one attached hydrogen (secondary N) is 1. The Morgan fingerprint density at radius 1 is 1.00 bits per heavy atom. The number of ether oxygens (including phenoxy) is 3. The molecule has 6 nitrogen and oxygen atoms in total. The SMILES string of the molecule is CN=C(NCCCCOCCc1ccccc1)N1CCc2cc(OC)c(OC)cc2C1. The fourth-order valence-corrected chi connectivity index (χ4v) is 3.86. The molecule has 2 aromatic rings. The average molecular weight is 426 g/mol. The lowest BCUT2D eigenvalue weighted by Gasteiger charge is -2.32. The van der Waals surface area contributed by atoms with Gasteiger partial charge in [0.2, 0.25) is 0 Å². The molecule has 0 saturated carbocycles. The number of nitrogens with zero attached hydrogens (tertiary/aromatic N) is 2. The molecule has 3 rings (SSSR count). The minimum atomic E-state index is 0.776. The van der Waals surface area contributed by atoms with Crippen LogP contribution >= 0.6 is 0 Å². The van der Waals surface area contributed by atoms with Crippen molar-refractivity contribution < 1.29 is 14.2 Å². The van der Waals surface area contributed by atoms with E-state index in [1.165, 1.54) is 16.7 Å². The molecule has 0 aromatic heterocycles. The second-order valence-electron chi connectivity index (χ2n) is 7.68. The number of aliphatic imine (C=N–C) groups is 1. The quantitative estimate of drug-likeness (QED) is 0.358. The van der Waals surface area contributed by atoms with Crippen molar-refractivity contribution in [2.75, 3.05) is 47.6 Å². The van der Waals surface area contributed by atoms with Gasteiger partial charge in [-0.15, -0.1) is 0 Å². The lowest BCUT2D eigenvalue weighted by molar-refractivity contribution is 0.133. The summed E-state index contributed by atoms with van der Waals surface area (Å²) in [4.78, 5) is 6.78. The van der Waals surface area contributed by atoms with Crippen molar-refractivity contribution in [3.63, 3.8) is 0 Å². The zero-order valence-electron chi connectivity index (χ0n) is 19.0. The Labute approximate surface area is 186 Å². The predicted octanol–water partition coefficient (Wildman–Crippen LogP) is 3.68. The standard InChI is InChI=1S/C25H35N3O3/c1-26-25(27-13-7-8-15-31-16-12-20-9-5-4-6-10-20)28-14-11-21-17-23(29-2)24(30-3)18-22(21)19-28/h4-6,9-10,17-18H,7-8,11-16,19H2,1-3H3,(H,26,27). The summed E-state index contributed by atoms with van der Waals surface area (Å²) in [7, 11) is 5.20. The van der Waals surface area contributed by atoms with Gasteiger partial charge in [0.05, 0.1) is 20.8 Å². The summed E-state index contributed by atoms with van der Waals surface area (Å²) >= 11 is 0. The van der Waals surface area contributed by atoms with Crippen LogP contribution in [0.1, 0.15) is 29.5 Å². The van der Waals surface area contributed by atoms with E-state index in [1.807, 2.05) is 13.1 Å². The first-order valence-corrected chi connectivity index (χ1v) is 11.1. The van der Waals surface area contributed by atoms with Crippen LogP contribution in [0.5, 0.6) is 11.5 Å². The molecule has 0 radical (unpaired) electrons. The minimum absolute atomic E-state index is 0.776. The van der Waals surface area contributed by atoms with E-state index >= 15 is 0 Å². The van der Waals surface area contributed by atoms with Crippen molar-refractivity contribution in [1.29, 1.82) is 0 Å². The van der Waals surface area contributed by atoms with Gasteiger partial charge in [0.25, 0.3) is 0 Å². The number of guanidine groups is 1. The van der Waals surface area contributed by atoms with Crippen LogP contribution in [0, 0.1) is 0 Å². The molecule has 0 saturated heterocycles. The lowest BCUT2D eigenvalue weighted by atomic mass is 9.99. The molecule has 0 unspecified atom stereocenters. The molecule has 0 amide bonds. The van der Waals surface area contributed by atoms with Crippen molar-refractivity contribution in [3.05, 3.63) is 59.2 Å². The summed E-state index contributed by atoms with van der Waals surface area (Å²) in [5, 5.41) is 3.50. The molecule has 1 aliphatic heterocycles. The van der Waals surface area contributed by atoms with Crippen LogP contribution in [-0.4, -0.2) is 58.4 Å². The molecule has 1 N–H and O–H groups in total. The Morgan fingerprint density at radius 3 is 2.45 bits per heavy atom. The Balaban J connectivity index is 1.37. The highest BCUT2D eigenvalue weighted by molar-refractivity contribution is 5.80. The number of methoxy groups -OCH3 is 2. The second-order valence-corrected chi connectivity index (χ2v) is 7.68. The van der Waals surface area contributed by atoms with Crippen LogP contribution in [0.4, 0.5) is 0 Å². The van der Waals surface area contributed by atoms with Gasteiger partial charge in [-0.1, -0.05) is 30.3 Å². The minimum Gasteiger partial charge on any atom is -0.493 e. The molecule has 0 atom stereocenters. The van der Waals surface area contributed by atoms with Gasteiger partial charge in [-0.25, -0.2) is 0 Å². The van der Waals surface area contributed by atoms with Crippen molar-refractivity contribution >= 4 is 5.96 Å². The summed E-state index contributed by atoms with van der Waals surface area (Å²) in [5.41, 5.74) is 3.91. The van der Waals surface area contributed by atoms with Gasteiger partial charge in [0.1, 0.15) is 0 Å². The van der Waals surface area contributed by atoms with Crippen LogP contribution in [-0.2, 0) is 24.1 Å². The number of benzene rings is 2. The van der Waals surface area contributed by atoms with Crippen LogP contribution < -0.4 is 14.8 Å². The lowest BCUT2D eigenvalue weighted by Crippen LogP contribution is -2.44. The highest BCUT2D eigenvalue weighted by atomic mass is 16.5. The Bertz CT molecular complexity index is 839. The van der Waals surface area contributed by atoms with Gasteiger partial charge in [-0.2, -0.15) is 0 Å². The van der Waals surface area contributed by atoms with E-state index in [9.17, 15) is 0 Å². The van der Waals surface area contributed by atoms with Crippen molar-refractivity contribution in [2.24, 2.45) is 4.99 Å².